The van der Waals surface area contributed by atoms with Gasteiger partial charge in [-0.1, -0.05) is 13.8 Å². The van der Waals surface area contributed by atoms with Crippen molar-refractivity contribution in [3.8, 4) is 0 Å². The van der Waals surface area contributed by atoms with E-state index in [-0.39, 0.29) is 23.2 Å². The van der Waals surface area contributed by atoms with Crippen LogP contribution in [-0.4, -0.2) is 11.2 Å². The molecule has 0 saturated heterocycles. The Balaban J connectivity index is 0. The standard InChI is InChI=1S/C5H12O.Cu/c1-4(2)5(3)6;/h4-6H,1-3H3;. The molecule has 49 valence electrons. The molecule has 0 aromatic heterocycles. The molecule has 0 aromatic rings. The van der Waals surface area contributed by atoms with Crippen LogP contribution in [0.2, 0.25) is 0 Å². The third kappa shape index (κ3) is 6.48. The monoisotopic (exact) mass is 151 g/mol. The van der Waals surface area contributed by atoms with Crippen molar-refractivity contribution >= 4 is 0 Å². The molecule has 1 N–H and O–H groups in total. The van der Waals surface area contributed by atoms with Crippen molar-refractivity contribution in [2.45, 2.75) is 26.9 Å². The Labute approximate surface area is 55.6 Å². The van der Waals surface area contributed by atoms with E-state index in [0.29, 0.717) is 5.92 Å². The number of hydrogen-bond acceptors (Lipinski definition) is 1. The maximum Gasteiger partial charge on any atom is 0.0535 e. The molecule has 7 heavy (non-hydrogen) atoms. The molecule has 1 nitrogen and oxygen atoms in total. The summed E-state index contributed by atoms with van der Waals surface area (Å²) in [5.74, 6) is 0.407. The van der Waals surface area contributed by atoms with Crippen LogP contribution < -0.4 is 0 Å². The minimum Gasteiger partial charge on any atom is -0.393 e. The second-order valence-corrected chi connectivity index (χ2v) is 1.98. The molecule has 0 aliphatic heterocycles. The largest absolute Gasteiger partial charge is 0.393 e. The van der Waals surface area contributed by atoms with E-state index in [1.54, 1.807) is 6.92 Å². The van der Waals surface area contributed by atoms with E-state index in [1.165, 1.54) is 0 Å². The number of hydrogen-bond donors (Lipinski definition) is 1. The van der Waals surface area contributed by atoms with Gasteiger partial charge in [0, 0.05) is 17.1 Å². The molecule has 0 aliphatic rings. The summed E-state index contributed by atoms with van der Waals surface area (Å²) in [6.07, 6.45) is -0.148. The summed E-state index contributed by atoms with van der Waals surface area (Å²) in [5, 5.41) is 8.63. The van der Waals surface area contributed by atoms with Crippen LogP contribution in [0.15, 0.2) is 0 Å². The van der Waals surface area contributed by atoms with Crippen molar-refractivity contribution in [3.63, 3.8) is 0 Å². The first-order valence-electron chi connectivity index (χ1n) is 2.32. The van der Waals surface area contributed by atoms with Crippen LogP contribution in [0.3, 0.4) is 0 Å². The molecule has 2 heteroatoms. The van der Waals surface area contributed by atoms with E-state index in [0.717, 1.165) is 0 Å². The first-order valence-corrected chi connectivity index (χ1v) is 2.32. The summed E-state index contributed by atoms with van der Waals surface area (Å²) in [6, 6.07) is 0. The molecule has 1 atom stereocenters. The van der Waals surface area contributed by atoms with Crippen molar-refractivity contribution in [3.05, 3.63) is 0 Å². The summed E-state index contributed by atoms with van der Waals surface area (Å²) in [6.45, 7) is 5.78. The molecule has 0 rings (SSSR count). The van der Waals surface area contributed by atoms with E-state index < -0.39 is 0 Å². The predicted octanol–water partition coefficient (Wildman–Crippen LogP) is 1.02. The van der Waals surface area contributed by atoms with Crippen molar-refractivity contribution in [2.24, 2.45) is 5.92 Å². The second-order valence-electron chi connectivity index (χ2n) is 1.98. The molecule has 0 bridgehead atoms. The molecule has 0 saturated carbocycles. The van der Waals surface area contributed by atoms with E-state index in [2.05, 4.69) is 0 Å². The summed E-state index contributed by atoms with van der Waals surface area (Å²) >= 11 is 0. The van der Waals surface area contributed by atoms with Gasteiger partial charge in [0.25, 0.3) is 0 Å². The first kappa shape index (κ1) is 10.5. The van der Waals surface area contributed by atoms with Crippen LogP contribution in [0, 0.1) is 5.92 Å². The average molecular weight is 152 g/mol. The van der Waals surface area contributed by atoms with Crippen LogP contribution in [0.1, 0.15) is 20.8 Å². The van der Waals surface area contributed by atoms with Gasteiger partial charge in [0.15, 0.2) is 0 Å². The second kappa shape index (κ2) is 4.63. The van der Waals surface area contributed by atoms with Gasteiger partial charge < -0.3 is 5.11 Å². The maximum atomic E-state index is 8.63. The topological polar surface area (TPSA) is 20.2 Å². The van der Waals surface area contributed by atoms with Gasteiger partial charge in [-0.3, -0.25) is 0 Å². The van der Waals surface area contributed by atoms with Gasteiger partial charge in [-0.25, -0.2) is 0 Å². The van der Waals surface area contributed by atoms with Gasteiger partial charge in [-0.05, 0) is 12.8 Å². The summed E-state index contributed by atoms with van der Waals surface area (Å²) in [4.78, 5) is 0. The zero-order chi connectivity index (χ0) is 5.15. The Morgan fingerprint density at radius 3 is 1.29 bits per heavy atom. The average Bonchev–Trinajstić information content (AvgIpc) is 1.36. The normalized spacial score (nSPS) is 13.3. The van der Waals surface area contributed by atoms with Crippen molar-refractivity contribution in [1.29, 1.82) is 0 Å². The molecule has 0 aromatic carbocycles. The predicted molar refractivity (Wildman–Crippen MR) is 26.5 cm³/mol. The van der Waals surface area contributed by atoms with Crippen molar-refractivity contribution < 1.29 is 22.2 Å². The van der Waals surface area contributed by atoms with Gasteiger partial charge in [-0.15, -0.1) is 0 Å². The van der Waals surface area contributed by atoms with Gasteiger partial charge in [0.05, 0.1) is 6.10 Å². The zero-order valence-electron chi connectivity index (χ0n) is 4.90. The van der Waals surface area contributed by atoms with E-state index in [4.69, 9.17) is 5.11 Å². The third-order valence-electron chi connectivity index (χ3n) is 0.965. The smallest absolute Gasteiger partial charge is 0.0535 e. The van der Waals surface area contributed by atoms with Crippen LogP contribution in [0.5, 0.6) is 0 Å². The van der Waals surface area contributed by atoms with E-state index in [9.17, 15) is 0 Å². The fraction of sp³-hybridized carbons (Fsp3) is 1.00. The Bertz CT molecular complexity index is 29.1. The molecule has 0 aliphatic carbocycles. The number of aliphatic hydroxyl groups is 1. The quantitative estimate of drug-likeness (QED) is 0.555. The van der Waals surface area contributed by atoms with E-state index in [1.807, 2.05) is 13.8 Å². The van der Waals surface area contributed by atoms with Crippen molar-refractivity contribution in [2.75, 3.05) is 0 Å². The minimum atomic E-state index is -0.148. The molecule has 1 unspecified atom stereocenters. The van der Waals surface area contributed by atoms with Gasteiger partial charge in [0.2, 0.25) is 0 Å². The van der Waals surface area contributed by atoms with Crippen LogP contribution in [0.4, 0.5) is 0 Å². The van der Waals surface area contributed by atoms with Crippen molar-refractivity contribution in [1.82, 2.24) is 0 Å². The number of rotatable bonds is 1. The fourth-order valence-electron chi connectivity index (χ4n) is 0. The van der Waals surface area contributed by atoms with Crippen LogP contribution in [0.25, 0.3) is 0 Å². The summed E-state index contributed by atoms with van der Waals surface area (Å²) < 4.78 is 0. The summed E-state index contributed by atoms with van der Waals surface area (Å²) in [5.41, 5.74) is 0. The Hall–Kier alpha value is 0.479. The molecule has 0 fully saturated rings. The molecule has 0 spiro atoms. The minimum absolute atomic E-state index is 0. The van der Waals surface area contributed by atoms with E-state index >= 15 is 0 Å². The maximum absolute atomic E-state index is 8.63. The number of aliphatic hydroxyl groups excluding tert-OH is 1. The van der Waals surface area contributed by atoms with Crippen LogP contribution >= 0.6 is 0 Å². The van der Waals surface area contributed by atoms with Gasteiger partial charge in [0.1, 0.15) is 0 Å². The van der Waals surface area contributed by atoms with Gasteiger partial charge in [-0.2, -0.15) is 0 Å². The van der Waals surface area contributed by atoms with Gasteiger partial charge >= 0.3 is 0 Å². The molecule has 0 amide bonds. The van der Waals surface area contributed by atoms with Crippen LogP contribution in [-0.2, 0) is 17.1 Å². The Morgan fingerprint density at radius 1 is 1.14 bits per heavy atom. The fourth-order valence-corrected chi connectivity index (χ4v) is 0. The SMILES string of the molecule is CC(C)C(C)O.[Cu]. The molecular formula is C5H12CuO. The zero-order valence-corrected chi connectivity index (χ0v) is 5.85. The third-order valence-corrected chi connectivity index (χ3v) is 0.965. The Kier molecular flexibility index (Phi) is 6.92. The summed E-state index contributed by atoms with van der Waals surface area (Å²) in [7, 11) is 0. The first-order chi connectivity index (χ1) is 2.64. The Morgan fingerprint density at radius 2 is 1.29 bits per heavy atom. The molecular weight excluding hydrogens is 140 g/mol. The molecule has 1 radical (unpaired) electrons. The molecule has 0 heterocycles.